The molecule has 2 heteroatoms. The van der Waals surface area contributed by atoms with Gasteiger partial charge in [0.1, 0.15) is 0 Å². The number of aromatic amines is 2. The minimum atomic E-state index is 0.230. The van der Waals surface area contributed by atoms with E-state index in [1.165, 1.54) is 39.5 Å². The third kappa shape index (κ3) is 2.54. The predicted octanol–water partition coefficient (Wildman–Crippen LogP) is 4.76. The zero-order valence-corrected chi connectivity index (χ0v) is 13.1. The summed E-state index contributed by atoms with van der Waals surface area (Å²) in [5.41, 5.74) is 8.93. The Morgan fingerprint density at radius 2 is 1.19 bits per heavy atom. The minimum Gasteiger partial charge on any atom is -0.361 e. The van der Waals surface area contributed by atoms with Gasteiger partial charge in [0.15, 0.2) is 0 Å². The van der Waals surface area contributed by atoms with E-state index in [9.17, 15) is 0 Å². The molecule has 0 atom stereocenters. The van der Waals surface area contributed by atoms with Crippen molar-refractivity contribution in [2.45, 2.75) is 33.6 Å². The number of hydrogen-bond acceptors (Lipinski definition) is 0. The van der Waals surface area contributed by atoms with Crippen LogP contribution < -0.4 is 0 Å². The fourth-order valence-corrected chi connectivity index (χ4v) is 3.22. The molecule has 0 bridgehead atoms. The molecule has 0 aliphatic heterocycles. The molecule has 0 saturated heterocycles. The van der Waals surface area contributed by atoms with Crippen LogP contribution in [-0.4, -0.2) is 9.97 Å². The summed E-state index contributed by atoms with van der Waals surface area (Å²) < 4.78 is 0. The summed E-state index contributed by atoms with van der Waals surface area (Å²) in [7, 11) is 0. The molecule has 3 aromatic rings. The van der Waals surface area contributed by atoms with Crippen LogP contribution in [-0.2, 0) is 0 Å². The fraction of sp³-hybridized carbons (Fsp3) is 0.263. The van der Waals surface area contributed by atoms with Crippen molar-refractivity contribution in [3.63, 3.8) is 0 Å². The molecule has 2 nitrogen and oxygen atoms in total. The van der Waals surface area contributed by atoms with E-state index in [0.717, 1.165) is 0 Å². The van der Waals surface area contributed by atoms with Crippen LogP contribution in [0.3, 0.4) is 0 Å². The Bertz CT molecular complexity index is 701. The molecule has 0 unspecified atom stereocenters. The summed E-state index contributed by atoms with van der Waals surface area (Å²) in [5.74, 6) is 0.230. The molecule has 0 amide bonds. The number of aromatic nitrogens is 2. The molecule has 21 heavy (non-hydrogen) atoms. The number of aryl methyl sites for hydroxylation is 4. The number of hydrogen-bond donors (Lipinski definition) is 2. The molecule has 0 spiro atoms. The van der Waals surface area contributed by atoms with Crippen LogP contribution in [0, 0.1) is 27.7 Å². The minimum absolute atomic E-state index is 0.230. The summed E-state index contributed by atoms with van der Waals surface area (Å²) in [6.45, 7) is 8.59. The van der Waals surface area contributed by atoms with Crippen LogP contribution in [0.5, 0.6) is 0 Å². The van der Waals surface area contributed by atoms with Crippen molar-refractivity contribution in [1.82, 2.24) is 9.97 Å². The van der Waals surface area contributed by atoms with Gasteiger partial charge >= 0.3 is 0 Å². The monoisotopic (exact) mass is 278 g/mol. The number of nitrogens with one attached hydrogen (secondary N) is 2. The van der Waals surface area contributed by atoms with Crippen LogP contribution in [0.4, 0.5) is 0 Å². The van der Waals surface area contributed by atoms with Gasteiger partial charge in [0.25, 0.3) is 0 Å². The van der Waals surface area contributed by atoms with Crippen molar-refractivity contribution >= 4 is 0 Å². The smallest absolute Gasteiger partial charge is 0.0646 e. The Hall–Kier alpha value is -2.22. The average molecular weight is 278 g/mol. The molecule has 0 aliphatic carbocycles. The summed E-state index contributed by atoms with van der Waals surface area (Å²) in [5, 5.41) is 0. The van der Waals surface area contributed by atoms with Gasteiger partial charge in [-0.15, -0.1) is 0 Å². The van der Waals surface area contributed by atoms with Gasteiger partial charge in [-0.1, -0.05) is 30.3 Å². The first-order valence-corrected chi connectivity index (χ1v) is 7.43. The Labute approximate surface area is 126 Å². The Morgan fingerprint density at radius 3 is 1.57 bits per heavy atom. The first-order valence-electron chi connectivity index (χ1n) is 7.43. The van der Waals surface area contributed by atoms with E-state index >= 15 is 0 Å². The van der Waals surface area contributed by atoms with E-state index in [1.54, 1.807) is 0 Å². The summed E-state index contributed by atoms with van der Waals surface area (Å²) in [6.07, 6.45) is 0. The van der Waals surface area contributed by atoms with Gasteiger partial charge in [-0.25, -0.2) is 0 Å². The molecule has 2 aromatic heterocycles. The SMILES string of the molecule is Cc1cc(C)c(C(c2ccccc2)c2[nH]c(C)cc2C)[nH]1. The molecular weight excluding hydrogens is 256 g/mol. The van der Waals surface area contributed by atoms with Gasteiger partial charge in [0.2, 0.25) is 0 Å². The second-order valence-electron chi connectivity index (χ2n) is 5.94. The zero-order chi connectivity index (χ0) is 15.0. The van der Waals surface area contributed by atoms with E-state index in [1.807, 2.05) is 0 Å². The summed E-state index contributed by atoms with van der Waals surface area (Å²) in [4.78, 5) is 7.12. The maximum absolute atomic E-state index is 3.56. The van der Waals surface area contributed by atoms with Gasteiger partial charge in [0, 0.05) is 22.8 Å². The summed E-state index contributed by atoms with van der Waals surface area (Å²) >= 11 is 0. The first kappa shape index (κ1) is 13.7. The lowest BCUT2D eigenvalue weighted by molar-refractivity contribution is 0.870. The lowest BCUT2D eigenvalue weighted by Gasteiger charge is -2.18. The lowest BCUT2D eigenvalue weighted by atomic mass is 9.89. The van der Waals surface area contributed by atoms with E-state index in [4.69, 9.17) is 0 Å². The second-order valence-corrected chi connectivity index (χ2v) is 5.94. The van der Waals surface area contributed by atoms with E-state index in [2.05, 4.69) is 80.1 Å². The third-order valence-electron chi connectivity index (χ3n) is 4.09. The highest BCUT2D eigenvalue weighted by Crippen LogP contribution is 2.34. The van der Waals surface area contributed by atoms with Gasteiger partial charge < -0.3 is 9.97 Å². The quantitative estimate of drug-likeness (QED) is 0.692. The van der Waals surface area contributed by atoms with Crippen molar-refractivity contribution in [2.24, 2.45) is 0 Å². The molecule has 3 rings (SSSR count). The number of benzene rings is 1. The lowest BCUT2D eigenvalue weighted by Crippen LogP contribution is -2.07. The molecule has 0 radical (unpaired) electrons. The van der Waals surface area contributed by atoms with Crippen molar-refractivity contribution < 1.29 is 0 Å². The van der Waals surface area contributed by atoms with Crippen LogP contribution in [0.15, 0.2) is 42.5 Å². The summed E-state index contributed by atoms with van der Waals surface area (Å²) in [6, 6.07) is 15.1. The zero-order valence-electron chi connectivity index (χ0n) is 13.1. The molecule has 0 saturated carbocycles. The Balaban J connectivity index is 2.21. The molecule has 0 aliphatic rings. The van der Waals surface area contributed by atoms with Gasteiger partial charge in [0.05, 0.1) is 5.92 Å². The van der Waals surface area contributed by atoms with Crippen LogP contribution in [0.1, 0.15) is 45.4 Å². The van der Waals surface area contributed by atoms with Gasteiger partial charge in [-0.05, 0) is 56.5 Å². The first-order chi connectivity index (χ1) is 10.1. The second kappa shape index (κ2) is 5.28. The maximum atomic E-state index is 3.56. The molecule has 1 aromatic carbocycles. The largest absolute Gasteiger partial charge is 0.361 e. The third-order valence-corrected chi connectivity index (χ3v) is 4.09. The van der Waals surface area contributed by atoms with Crippen molar-refractivity contribution in [3.05, 3.63) is 81.9 Å². The van der Waals surface area contributed by atoms with E-state index < -0.39 is 0 Å². The van der Waals surface area contributed by atoms with Crippen molar-refractivity contribution in [1.29, 1.82) is 0 Å². The fourth-order valence-electron chi connectivity index (χ4n) is 3.22. The van der Waals surface area contributed by atoms with Crippen LogP contribution in [0.2, 0.25) is 0 Å². The standard InChI is InChI=1S/C19H22N2/c1-12-10-14(3)20-18(12)17(16-8-6-5-7-9-16)19-13(2)11-15(4)21-19/h5-11,17,20-21H,1-4H3. The van der Waals surface area contributed by atoms with Crippen molar-refractivity contribution in [2.75, 3.05) is 0 Å². The van der Waals surface area contributed by atoms with E-state index in [0.29, 0.717) is 0 Å². The number of H-pyrrole nitrogens is 2. The van der Waals surface area contributed by atoms with E-state index in [-0.39, 0.29) is 5.92 Å². The molecule has 2 N–H and O–H groups in total. The van der Waals surface area contributed by atoms with Gasteiger partial charge in [-0.2, -0.15) is 0 Å². The average Bonchev–Trinajstić information content (AvgIpc) is 2.94. The van der Waals surface area contributed by atoms with Crippen LogP contribution >= 0.6 is 0 Å². The highest BCUT2D eigenvalue weighted by molar-refractivity contribution is 5.45. The molecule has 2 heterocycles. The maximum Gasteiger partial charge on any atom is 0.0646 e. The topological polar surface area (TPSA) is 31.6 Å². The van der Waals surface area contributed by atoms with Crippen LogP contribution in [0.25, 0.3) is 0 Å². The van der Waals surface area contributed by atoms with Crippen molar-refractivity contribution in [3.8, 4) is 0 Å². The highest BCUT2D eigenvalue weighted by Gasteiger charge is 2.23. The molecule has 108 valence electrons. The molecular formula is C19H22N2. The molecule has 0 fully saturated rings. The highest BCUT2D eigenvalue weighted by atomic mass is 14.8. The van der Waals surface area contributed by atoms with Gasteiger partial charge in [-0.3, -0.25) is 0 Å². The Kier molecular flexibility index (Phi) is 3.46. The number of rotatable bonds is 3. The predicted molar refractivity (Wildman–Crippen MR) is 87.9 cm³/mol. The Morgan fingerprint density at radius 1 is 0.714 bits per heavy atom. The normalized spacial score (nSPS) is 11.3.